The Bertz CT molecular complexity index is 718. The summed E-state index contributed by atoms with van der Waals surface area (Å²) in [6.07, 6.45) is 4.31. The zero-order valence-electron chi connectivity index (χ0n) is 13.9. The third kappa shape index (κ3) is 4.09. The van der Waals surface area contributed by atoms with Crippen LogP contribution in [-0.4, -0.2) is 38.4 Å². The van der Waals surface area contributed by atoms with Gasteiger partial charge in [0.1, 0.15) is 11.0 Å². The second-order valence-electron chi connectivity index (χ2n) is 6.59. The van der Waals surface area contributed by atoms with Crippen LogP contribution in [-0.2, 0) is 10.0 Å². The van der Waals surface area contributed by atoms with Crippen LogP contribution in [0, 0.1) is 24.2 Å². The number of sulfonamides is 1. The van der Waals surface area contributed by atoms with Crippen LogP contribution in [0.5, 0.6) is 0 Å². The van der Waals surface area contributed by atoms with Gasteiger partial charge in [-0.2, -0.15) is 9.57 Å². The molecule has 132 valence electrons. The van der Waals surface area contributed by atoms with Crippen LogP contribution in [0.3, 0.4) is 0 Å². The lowest BCUT2D eigenvalue weighted by Crippen LogP contribution is -2.45. The summed E-state index contributed by atoms with van der Waals surface area (Å²) in [6, 6.07) is 7.46. The fourth-order valence-electron chi connectivity index (χ4n) is 3.09. The molecular weight excluding hydrogens is 346 g/mol. The normalized spacial score (nSPS) is 19.5. The van der Waals surface area contributed by atoms with Gasteiger partial charge in [0, 0.05) is 19.1 Å². The molecule has 7 heteroatoms. The number of halogens is 1. The van der Waals surface area contributed by atoms with Gasteiger partial charge in [-0.1, -0.05) is 12.1 Å². The minimum absolute atomic E-state index is 0. The van der Waals surface area contributed by atoms with Gasteiger partial charge < -0.3 is 5.32 Å². The molecule has 0 bridgehead atoms. The molecule has 1 saturated carbocycles. The molecule has 1 heterocycles. The number of piperidine rings is 1. The maximum atomic E-state index is 12.9. The number of hydrogen-bond acceptors (Lipinski definition) is 4. The number of aryl methyl sites for hydroxylation is 1. The van der Waals surface area contributed by atoms with Gasteiger partial charge in [-0.15, -0.1) is 12.4 Å². The van der Waals surface area contributed by atoms with Crippen LogP contribution in [0.4, 0.5) is 0 Å². The monoisotopic (exact) mass is 369 g/mol. The van der Waals surface area contributed by atoms with Crippen LogP contribution in [0.1, 0.15) is 36.8 Å². The number of nitrogens with one attached hydrogen (secondary N) is 1. The quantitative estimate of drug-likeness (QED) is 0.865. The second kappa shape index (κ2) is 7.83. The Morgan fingerprint density at radius 1 is 1.25 bits per heavy atom. The summed E-state index contributed by atoms with van der Waals surface area (Å²) in [5.74, 6) is 0.835. The summed E-state index contributed by atoms with van der Waals surface area (Å²) < 4.78 is 27.2. The van der Waals surface area contributed by atoms with Crippen molar-refractivity contribution in [3.8, 4) is 6.07 Å². The molecule has 2 fully saturated rings. The Balaban J connectivity index is 0.00000208. The summed E-state index contributed by atoms with van der Waals surface area (Å²) in [4.78, 5) is 0.143. The first-order valence-electron chi connectivity index (χ1n) is 8.25. The van der Waals surface area contributed by atoms with E-state index in [2.05, 4.69) is 5.32 Å². The van der Waals surface area contributed by atoms with Gasteiger partial charge >= 0.3 is 0 Å². The van der Waals surface area contributed by atoms with Crippen LogP contribution in [0.25, 0.3) is 0 Å². The van der Waals surface area contributed by atoms with E-state index in [4.69, 9.17) is 0 Å². The average Bonchev–Trinajstić information content (AvgIpc) is 3.37. The van der Waals surface area contributed by atoms with Crippen molar-refractivity contribution in [3.63, 3.8) is 0 Å². The van der Waals surface area contributed by atoms with Crippen molar-refractivity contribution in [2.24, 2.45) is 5.92 Å². The highest BCUT2D eigenvalue weighted by atomic mass is 35.5. The molecule has 0 amide bonds. The highest BCUT2D eigenvalue weighted by molar-refractivity contribution is 7.89. The van der Waals surface area contributed by atoms with E-state index >= 15 is 0 Å². The number of nitriles is 1. The zero-order chi connectivity index (χ0) is 16.4. The molecule has 1 aromatic rings. The zero-order valence-corrected chi connectivity index (χ0v) is 15.5. The molecule has 2 aliphatic rings. The van der Waals surface area contributed by atoms with E-state index in [1.165, 1.54) is 23.2 Å². The molecule has 0 spiro atoms. The predicted molar refractivity (Wildman–Crippen MR) is 95.6 cm³/mol. The van der Waals surface area contributed by atoms with Gasteiger partial charge in [0.05, 0.1) is 5.56 Å². The van der Waals surface area contributed by atoms with Gasteiger partial charge in [0.2, 0.25) is 10.0 Å². The summed E-state index contributed by atoms with van der Waals surface area (Å²) in [6.45, 7) is 3.87. The van der Waals surface area contributed by atoms with Crippen molar-refractivity contribution < 1.29 is 8.42 Å². The Morgan fingerprint density at radius 3 is 2.50 bits per heavy atom. The second-order valence-corrected chi connectivity index (χ2v) is 8.50. The Hall–Kier alpha value is -1.13. The minimum Gasteiger partial charge on any atom is -0.314 e. The maximum absolute atomic E-state index is 12.9. The highest BCUT2D eigenvalue weighted by Crippen LogP contribution is 2.29. The maximum Gasteiger partial charge on any atom is 0.244 e. The highest BCUT2D eigenvalue weighted by Gasteiger charge is 2.32. The van der Waals surface area contributed by atoms with E-state index < -0.39 is 10.0 Å². The van der Waals surface area contributed by atoms with Gasteiger partial charge in [0.15, 0.2) is 0 Å². The molecule has 1 aliphatic carbocycles. The van der Waals surface area contributed by atoms with Crippen LogP contribution < -0.4 is 5.32 Å². The van der Waals surface area contributed by atoms with Gasteiger partial charge in [-0.05, 0) is 56.7 Å². The van der Waals surface area contributed by atoms with Crippen LogP contribution in [0.15, 0.2) is 23.1 Å². The first-order valence-corrected chi connectivity index (χ1v) is 9.69. The SMILES string of the molecule is Cc1cccc(S(=O)(=O)N2CCC(NCC3CC3)CC2)c1C#N.Cl. The molecular formula is C17H24ClN3O2S. The molecule has 0 atom stereocenters. The van der Waals surface area contributed by atoms with Gasteiger partial charge in [-0.25, -0.2) is 8.42 Å². The van der Waals surface area contributed by atoms with Gasteiger partial charge in [-0.3, -0.25) is 0 Å². The van der Waals surface area contributed by atoms with Crippen LogP contribution >= 0.6 is 12.4 Å². The average molecular weight is 370 g/mol. The molecule has 0 unspecified atom stereocenters. The molecule has 1 aliphatic heterocycles. The first-order chi connectivity index (χ1) is 11.0. The summed E-state index contributed by atoms with van der Waals surface area (Å²) in [5.41, 5.74) is 0.969. The Labute approximate surface area is 150 Å². The summed E-state index contributed by atoms with van der Waals surface area (Å²) >= 11 is 0. The van der Waals surface area contributed by atoms with E-state index in [1.54, 1.807) is 19.1 Å². The lowest BCUT2D eigenvalue weighted by Gasteiger charge is -2.32. The van der Waals surface area contributed by atoms with Crippen molar-refractivity contribution in [3.05, 3.63) is 29.3 Å². The number of benzene rings is 1. The molecule has 1 N–H and O–H groups in total. The lowest BCUT2D eigenvalue weighted by molar-refractivity contribution is 0.288. The molecule has 0 radical (unpaired) electrons. The van der Waals surface area contributed by atoms with Crippen molar-refractivity contribution in [2.75, 3.05) is 19.6 Å². The number of rotatable bonds is 5. The Kier molecular flexibility index (Phi) is 6.27. The Morgan fingerprint density at radius 2 is 1.92 bits per heavy atom. The van der Waals surface area contributed by atoms with Gasteiger partial charge in [0.25, 0.3) is 0 Å². The van der Waals surface area contributed by atoms with Crippen molar-refractivity contribution in [1.82, 2.24) is 9.62 Å². The van der Waals surface area contributed by atoms with Crippen molar-refractivity contribution in [1.29, 1.82) is 5.26 Å². The van der Waals surface area contributed by atoms with E-state index in [9.17, 15) is 13.7 Å². The van der Waals surface area contributed by atoms with Crippen molar-refractivity contribution in [2.45, 2.75) is 43.5 Å². The van der Waals surface area contributed by atoms with Crippen LogP contribution in [0.2, 0.25) is 0 Å². The largest absolute Gasteiger partial charge is 0.314 e. The number of hydrogen-bond donors (Lipinski definition) is 1. The summed E-state index contributed by atoms with van der Waals surface area (Å²) in [7, 11) is -3.59. The van der Waals surface area contributed by atoms with E-state index in [0.717, 1.165) is 25.3 Å². The van der Waals surface area contributed by atoms with E-state index in [1.807, 2.05) is 6.07 Å². The standard InChI is InChI=1S/C17H23N3O2S.ClH/c1-13-3-2-4-17(16(13)11-18)23(21,22)20-9-7-15(8-10-20)19-12-14-5-6-14;/h2-4,14-15,19H,5-10,12H2,1H3;1H. The molecule has 1 aromatic carbocycles. The topological polar surface area (TPSA) is 73.2 Å². The molecule has 0 aromatic heterocycles. The molecule has 24 heavy (non-hydrogen) atoms. The first kappa shape index (κ1) is 19.2. The van der Waals surface area contributed by atoms with E-state index in [-0.39, 0.29) is 22.9 Å². The minimum atomic E-state index is -3.59. The molecule has 5 nitrogen and oxygen atoms in total. The molecule has 1 saturated heterocycles. The summed E-state index contributed by atoms with van der Waals surface area (Å²) in [5, 5.41) is 12.8. The lowest BCUT2D eigenvalue weighted by atomic mass is 10.1. The fraction of sp³-hybridized carbons (Fsp3) is 0.588. The predicted octanol–water partition coefficient (Wildman–Crippen LogP) is 2.44. The van der Waals surface area contributed by atoms with E-state index in [0.29, 0.717) is 24.7 Å². The fourth-order valence-corrected chi connectivity index (χ4v) is 4.78. The number of nitrogens with zero attached hydrogens (tertiary/aromatic N) is 2. The third-order valence-electron chi connectivity index (χ3n) is 4.81. The third-order valence-corrected chi connectivity index (χ3v) is 6.75. The molecule has 3 rings (SSSR count). The smallest absolute Gasteiger partial charge is 0.244 e. The van der Waals surface area contributed by atoms with Crippen molar-refractivity contribution >= 4 is 22.4 Å².